The topological polar surface area (TPSA) is 56.3 Å². The molecule has 0 saturated heterocycles. The lowest BCUT2D eigenvalue weighted by atomic mass is 10.1. The fraction of sp³-hybridized carbons (Fsp3) is 0.0833. The zero-order chi connectivity index (χ0) is 11.5. The highest BCUT2D eigenvalue weighted by molar-refractivity contribution is 5.98. The number of carbonyl (C=O) groups excluding carboxylic acids is 2. The summed E-state index contributed by atoms with van der Waals surface area (Å²) in [6, 6.07) is 9.04. The van der Waals surface area contributed by atoms with Crippen molar-refractivity contribution in [2.24, 2.45) is 0 Å². The minimum Gasteiger partial charge on any atom is -0.390 e. The van der Waals surface area contributed by atoms with Crippen LogP contribution in [0.1, 0.15) is 17.3 Å². The molecule has 1 heterocycles. The van der Waals surface area contributed by atoms with Crippen LogP contribution in [0.4, 0.5) is 0 Å². The summed E-state index contributed by atoms with van der Waals surface area (Å²) in [5.74, 6) is -1.30. The van der Waals surface area contributed by atoms with Gasteiger partial charge in [0, 0.05) is 18.5 Å². The maximum absolute atomic E-state index is 11.4. The summed E-state index contributed by atoms with van der Waals surface area (Å²) in [6.07, 6.45) is 1.40. The first-order valence-corrected chi connectivity index (χ1v) is 4.74. The van der Waals surface area contributed by atoms with Crippen LogP contribution in [0.15, 0.2) is 36.5 Å². The molecule has 0 atom stereocenters. The second kappa shape index (κ2) is 4.10. The van der Waals surface area contributed by atoms with Crippen molar-refractivity contribution in [1.82, 2.24) is 4.98 Å². The average Bonchev–Trinajstić information content (AvgIpc) is 2.27. The van der Waals surface area contributed by atoms with Gasteiger partial charge in [-0.1, -0.05) is 18.2 Å². The predicted molar refractivity (Wildman–Crippen MR) is 57.8 cm³/mol. The number of ether oxygens (including phenoxy) is 1. The first kappa shape index (κ1) is 10.3. The Labute approximate surface area is 91.9 Å². The molecule has 0 radical (unpaired) electrons. The summed E-state index contributed by atoms with van der Waals surface area (Å²) in [6.45, 7) is 1.19. The maximum atomic E-state index is 11.4. The molecule has 1 aromatic heterocycles. The Morgan fingerprint density at radius 3 is 2.75 bits per heavy atom. The van der Waals surface area contributed by atoms with E-state index in [4.69, 9.17) is 0 Å². The van der Waals surface area contributed by atoms with Gasteiger partial charge in [-0.25, -0.2) is 4.79 Å². The lowest BCUT2D eigenvalue weighted by Crippen LogP contribution is -2.09. The van der Waals surface area contributed by atoms with Crippen LogP contribution in [0.25, 0.3) is 10.9 Å². The van der Waals surface area contributed by atoms with E-state index in [2.05, 4.69) is 9.72 Å². The smallest absolute Gasteiger partial charge is 0.347 e. The SMILES string of the molecule is CC(=O)OC(=O)c1cnc2ccccc2c1. The molecular weight excluding hydrogens is 206 g/mol. The van der Waals surface area contributed by atoms with Gasteiger partial charge in [-0.15, -0.1) is 0 Å². The summed E-state index contributed by atoms with van der Waals surface area (Å²) in [5.41, 5.74) is 1.07. The summed E-state index contributed by atoms with van der Waals surface area (Å²) in [4.78, 5) is 26.1. The second-order valence-electron chi connectivity index (χ2n) is 3.30. The van der Waals surface area contributed by atoms with Crippen molar-refractivity contribution >= 4 is 22.8 Å². The van der Waals surface area contributed by atoms with Crippen molar-refractivity contribution in [3.8, 4) is 0 Å². The van der Waals surface area contributed by atoms with E-state index in [0.29, 0.717) is 0 Å². The molecule has 0 spiro atoms. The van der Waals surface area contributed by atoms with E-state index in [1.54, 1.807) is 6.07 Å². The molecule has 1 aromatic carbocycles. The standard InChI is InChI=1S/C12H9NO3/c1-8(14)16-12(15)10-6-9-4-2-3-5-11(9)13-7-10/h2-7H,1H3. The predicted octanol–water partition coefficient (Wildman–Crippen LogP) is 1.94. The molecule has 0 aliphatic rings. The maximum Gasteiger partial charge on any atom is 0.347 e. The highest BCUT2D eigenvalue weighted by atomic mass is 16.6. The molecule has 0 aliphatic carbocycles. The van der Waals surface area contributed by atoms with Crippen LogP contribution < -0.4 is 0 Å². The van der Waals surface area contributed by atoms with Crippen LogP contribution in [0.5, 0.6) is 0 Å². The van der Waals surface area contributed by atoms with Gasteiger partial charge in [0.25, 0.3) is 0 Å². The van der Waals surface area contributed by atoms with Crippen LogP contribution in [0.3, 0.4) is 0 Å². The number of para-hydroxylation sites is 1. The Morgan fingerprint density at radius 1 is 1.25 bits per heavy atom. The Morgan fingerprint density at radius 2 is 2.00 bits per heavy atom. The second-order valence-corrected chi connectivity index (χ2v) is 3.30. The van der Waals surface area contributed by atoms with Gasteiger partial charge in [-0.05, 0) is 12.1 Å². The number of hydrogen-bond donors (Lipinski definition) is 0. The molecule has 0 saturated carbocycles. The van der Waals surface area contributed by atoms with Crippen molar-refractivity contribution in [1.29, 1.82) is 0 Å². The first-order valence-electron chi connectivity index (χ1n) is 4.74. The molecule has 2 aromatic rings. The molecule has 4 nitrogen and oxygen atoms in total. The number of hydrogen-bond acceptors (Lipinski definition) is 4. The number of esters is 2. The molecule has 0 fully saturated rings. The van der Waals surface area contributed by atoms with Crippen molar-refractivity contribution in [2.75, 3.05) is 0 Å². The lowest BCUT2D eigenvalue weighted by Gasteiger charge is -2.01. The van der Waals surface area contributed by atoms with E-state index in [9.17, 15) is 9.59 Å². The highest BCUT2D eigenvalue weighted by Crippen LogP contribution is 2.13. The quantitative estimate of drug-likeness (QED) is 0.538. The molecule has 0 aliphatic heterocycles. The Balaban J connectivity index is 2.39. The minimum absolute atomic E-state index is 0.272. The number of carbonyl (C=O) groups is 2. The van der Waals surface area contributed by atoms with Crippen molar-refractivity contribution in [3.05, 3.63) is 42.1 Å². The van der Waals surface area contributed by atoms with E-state index in [1.807, 2.05) is 24.3 Å². The van der Waals surface area contributed by atoms with E-state index >= 15 is 0 Å². The van der Waals surface area contributed by atoms with Crippen LogP contribution >= 0.6 is 0 Å². The first-order chi connectivity index (χ1) is 7.66. The van der Waals surface area contributed by atoms with Gasteiger partial charge in [0.15, 0.2) is 0 Å². The van der Waals surface area contributed by atoms with Crippen molar-refractivity contribution < 1.29 is 14.3 Å². The molecule has 0 bridgehead atoms. The number of pyridine rings is 1. The van der Waals surface area contributed by atoms with Gasteiger partial charge in [0.2, 0.25) is 0 Å². The summed E-state index contributed by atoms with van der Waals surface area (Å²) >= 11 is 0. The molecule has 16 heavy (non-hydrogen) atoms. The van der Waals surface area contributed by atoms with Crippen LogP contribution in [0.2, 0.25) is 0 Å². The van der Waals surface area contributed by atoms with Crippen LogP contribution in [0, 0.1) is 0 Å². The number of aromatic nitrogens is 1. The summed E-state index contributed by atoms with van der Waals surface area (Å²) < 4.78 is 4.47. The molecule has 0 unspecified atom stereocenters. The van der Waals surface area contributed by atoms with Crippen LogP contribution in [-0.4, -0.2) is 16.9 Å². The Bertz CT molecular complexity index is 563. The normalized spacial score (nSPS) is 10.1. The highest BCUT2D eigenvalue weighted by Gasteiger charge is 2.10. The van der Waals surface area contributed by atoms with Gasteiger partial charge in [-0.3, -0.25) is 9.78 Å². The van der Waals surface area contributed by atoms with E-state index in [0.717, 1.165) is 10.9 Å². The lowest BCUT2D eigenvalue weighted by molar-refractivity contribution is -0.135. The Kier molecular flexibility index (Phi) is 2.64. The van der Waals surface area contributed by atoms with Gasteiger partial charge in [0.1, 0.15) is 0 Å². The van der Waals surface area contributed by atoms with Gasteiger partial charge in [-0.2, -0.15) is 0 Å². The third-order valence-electron chi connectivity index (χ3n) is 2.06. The third-order valence-corrected chi connectivity index (χ3v) is 2.06. The molecule has 0 amide bonds. The summed E-state index contributed by atoms with van der Waals surface area (Å²) in [7, 11) is 0. The van der Waals surface area contributed by atoms with Gasteiger partial charge < -0.3 is 4.74 Å². The Hall–Kier alpha value is -2.23. The minimum atomic E-state index is -0.675. The van der Waals surface area contributed by atoms with Crippen molar-refractivity contribution in [2.45, 2.75) is 6.92 Å². The molecule has 80 valence electrons. The number of nitrogens with zero attached hydrogens (tertiary/aromatic N) is 1. The molecular formula is C12H9NO3. The van der Waals surface area contributed by atoms with Gasteiger partial charge >= 0.3 is 11.9 Å². The molecule has 0 N–H and O–H groups in total. The monoisotopic (exact) mass is 215 g/mol. The van der Waals surface area contributed by atoms with E-state index < -0.39 is 11.9 Å². The van der Waals surface area contributed by atoms with E-state index in [-0.39, 0.29) is 5.56 Å². The van der Waals surface area contributed by atoms with E-state index in [1.165, 1.54) is 13.1 Å². The van der Waals surface area contributed by atoms with Gasteiger partial charge in [0.05, 0.1) is 11.1 Å². The van der Waals surface area contributed by atoms with Crippen LogP contribution in [-0.2, 0) is 9.53 Å². The zero-order valence-corrected chi connectivity index (χ0v) is 8.64. The fourth-order valence-corrected chi connectivity index (χ4v) is 1.37. The largest absolute Gasteiger partial charge is 0.390 e. The third kappa shape index (κ3) is 2.06. The zero-order valence-electron chi connectivity index (χ0n) is 8.64. The van der Waals surface area contributed by atoms with Crippen molar-refractivity contribution in [3.63, 3.8) is 0 Å². The molecule has 2 rings (SSSR count). The number of benzene rings is 1. The fourth-order valence-electron chi connectivity index (χ4n) is 1.37. The average molecular weight is 215 g/mol. The summed E-state index contributed by atoms with van der Waals surface area (Å²) in [5, 5.41) is 0.834. The number of rotatable bonds is 1. The number of fused-ring (bicyclic) bond motifs is 1. The molecule has 4 heteroatoms.